The molecule has 0 N–H and O–H groups in total. The maximum absolute atomic E-state index is 12.4. The standard InChI is InChI=1S/C12H15N5O/c1-2-10-9(11(18)16-5-3-4-6-16)7-13-12-14-8-15-17(10)12/h7-8H,2-6H2,1H3. The lowest BCUT2D eigenvalue weighted by Gasteiger charge is -2.17. The van der Waals surface area contributed by atoms with Gasteiger partial charge in [0.05, 0.1) is 11.3 Å². The average molecular weight is 245 g/mol. The average Bonchev–Trinajstić information content (AvgIpc) is 3.06. The number of amides is 1. The van der Waals surface area contributed by atoms with Gasteiger partial charge in [0.25, 0.3) is 11.7 Å². The maximum Gasteiger partial charge on any atom is 0.257 e. The number of aromatic nitrogens is 4. The third kappa shape index (κ3) is 1.64. The Morgan fingerprint density at radius 2 is 2.11 bits per heavy atom. The molecular weight excluding hydrogens is 230 g/mol. The van der Waals surface area contributed by atoms with Crippen molar-refractivity contribution in [3.8, 4) is 0 Å². The van der Waals surface area contributed by atoms with E-state index in [1.54, 1.807) is 10.7 Å². The smallest absolute Gasteiger partial charge is 0.257 e. The summed E-state index contributed by atoms with van der Waals surface area (Å²) < 4.78 is 1.66. The van der Waals surface area contributed by atoms with E-state index >= 15 is 0 Å². The van der Waals surface area contributed by atoms with Gasteiger partial charge < -0.3 is 4.90 Å². The van der Waals surface area contributed by atoms with E-state index in [-0.39, 0.29) is 5.91 Å². The van der Waals surface area contributed by atoms with Gasteiger partial charge in [0, 0.05) is 19.3 Å². The van der Waals surface area contributed by atoms with Crippen molar-refractivity contribution in [3.05, 3.63) is 23.8 Å². The van der Waals surface area contributed by atoms with Crippen LogP contribution in [0.15, 0.2) is 12.5 Å². The second-order valence-electron chi connectivity index (χ2n) is 4.44. The van der Waals surface area contributed by atoms with Gasteiger partial charge in [-0.1, -0.05) is 6.92 Å². The molecule has 2 aromatic heterocycles. The van der Waals surface area contributed by atoms with Crippen LogP contribution in [0.25, 0.3) is 5.78 Å². The fourth-order valence-corrected chi connectivity index (χ4v) is 2.43. The summed E-state index contributed by atoms with van der Waals surface area (Å²) in [5.74, 6) is 0.610. The molecule has 0 bridgehead atoms. The number of fused-ring (bicyclic) bond motifs is 1. The van der Waals surface area contributed by atoms with E-state index in [0.29, 0.717) is 11.3 Å². The number of nitrogens with zero attached hydrogens (tertiary/aromatic N) is 5. The van der Waals surface area contributed by atoms with E-state index in [2.05, 4.69) is 15.1 Å². The minimum Gasteiger partial charge on any atom is -0.339 e. The molecule has 0 radical (unpaired) electrons. The predicted octanol–water partition coefficient (Wildman–Crippen LogP) is 0.923. The first-order chi connectivity index (χ1) is 8.81. The highest BCUT2D eigenvalue weighted by molar-refractivity contribution is 5.95. The van der Waals surface area contributed by atoms with Gasteiger partial charge >= 0.3 is 0 Å². The molecule has 1 amide bonds. The summed E-state index contributed by atoms with van der Waals surface area (Å²) in [5.41, 5.74) is 1.53. The van der Waals surface area contributed by atoms with Crippen LogP contribution in [0, 0.1) is 0 Å². The molecule has 1 aliphatic rings. The van der Waals surface area contributed by atoms with Crippen LogP contribution in [0.1, 0.15) is 35.8 Å². The minimum absolute atomic E-state index is 0.0641. The summed E-state index contributed by atoms with van der Waals surface area (Å²) in [6.45, 7) is 3.70. The number of aryl methyl sites for hydroxylation is 1. The fourth-order valence-electron chi connectivity index (χ4n) is 2.43. The van der Waals surface area contributed by atoms with Crippen LogP contribution in [-0.4, -0.2) is 43.5 Å². The quantitative estimate of drug-likeness (QED) is 0.789. The van der Waals surface area contributed by atoms with Gasteiger partial charge in [0.2, 0.25) is 0 Å². The largest absolute Gasteiger partial charge is 0.339 e. The van der Waals surface area contributed by atoms with E-state index in [0.717, 1.165) is 38.0 Å². The Morgan fingerprint density at radius 3 is 2.83 bits per heavy atom. The highest BCUT2D eigenvalue weighted by atomic mass is 16.2. The van der Waals surface area contributed by atoms with Crippen LogP contribution in [0.4, 0.5) is 0 Å². The molecular formula is C12H15N5O. The topological polar surface area (TPSA) is 63.4 Å². The molecule has 94 valence electrons. The number of carbonyl (C=O) groups is 1. The van der Waals surface area contributed by atoms with Gasteiger partial charge in [-0.2, -0.15) is 10.1 Å². The van der Waals surface area contributed by atoms with Gasteiger partial charge in [-0.3, -0.25) is 4.79 Å². The Balaban J connectivity index is 2.07. The second-order valence-corrected chi connectivity index (χ2v) is 4.44. The number of hydrogen-bond acceptors (Lipinski definition) is 4. The van der Waals surface area contributed by atoms with Crippen molar-refractivity contribution in [1.82, 2.24) is 24.5 Å². The molecule has 18 heavy (non-hydrogen) atoms. The monoisotopic (exact) mass is 245 g/mol. The zero-order valence-electron chi connectivity index (χ0n) is 10.3. The molecule has 1 fully saturated rings. The normalized spacial score (nSPS) is 15.5. The second kappa shape index (κ2) is 4.36. The number of rotatable bonds is 2. The summed E-state index contributed by atoms with van der Waals surface area (Å²) in [7, 11) is 0. The van der Waals surface area contributed by atoms with Gasteiger partial charge in [-0.05, 0) is 19.3 Å². The van der Waals surface area contributed by atoms with Gasteiger partial charge in [-0.25, -0.2) is 9.50 Å². The van der Waals surface area contributed by atoms with Crippen LogP contribution in [0.5, 0.6) is 0 Å². The molecule has 3 heterocycles. The highest BCUT2D eigenvalue weighted by Crippen LogP contribution is 2.16. The van der Waals surface area contributed by atoms with E-state index in [1.165, 1.54) is 6.33 Å². The Bertz CT molecular complexity index is 585. The van der Waals surface area contributed by atoms with Gasteiger partial charge in [0.1, 0.15) is 6.33 Å². The van der Waals surface area contributed by atoms with Crippen LogP contribution >= 0.6 is 0 Å². The number of carbonyl (C=O) groups excluding carboxylic acids is 1. The molecule has 6 nitrogen and oxygen atoms in total. The zero-order chi connectivity index (χ0) is 12.5. The first kappa shape index (κ1) is 11.1. The van der Waals surface area contributed by atoms with E-state index in [9.17, 15) is 4.79 Å². The SMILES string of the molecule is CCc1c(C(=O)N2CCCC2)cnc2ncnn12. The Kier molecular flexibility index (Phi) is 2.70. The molecule has 3 rings (SSSR count). The molecule has 0 spiro atoms. The predicted molar refractivity (Wildman–Crippen MR) is 65.3 cm³/mol. The molecule has 1 saturated heterocycles. The van der Waals surface area contributed by atoms with Crippen molar-refractivity contribution in [2.45, 2.75) is 26.2 Å². The van der Waals surface area contributed by atoms with Gasteiger partial charge in [0.15, 0.2) is 0 Å². The van der Waals surface area contributed by atoms with Crippen molar-refractivity contribution >= 4 is 11.7 Å². The molecule has 0 aliphatic carbocycles. The van der Waals surface area contributed by atoms with Crippen molar-refractivity contribution in [2.24, 2.45) is 0 Å². The summed E-state index contributed by atoms with van der Waals surface area (Å²) in [6.07, 6.45) is 6.00. The molecule has 1 aliphatic heterocycles. The fraction of sp³-hybridized carbons (Fsp3) is 0.500. The lowest BCUT2D eigenvalue weighted by molar-refractivity contribution is 0.0790. The van der Waals surface area contributed by atoms with E-state index in [1.807, 2.05) is 11.8 Å². The van der Waals surface area contributed by atoms with Crippen LogP contribution in [-0.2, 0) is 6.42 Å². The molecule has 0 atom stereocenters. The third-order valence-electron chi connectivity index (χ3n) is 3.36. The summed E-state index contributed by atoms with van der Waals surface area (Å²) in [6, 6.07) is 0. The molecule has 0 aromatic carbocycles. The third-order valence-corrected chi connectivity index (χ3v) is 3.36. The Labute approximate surface area is 105 Å². The van der Waals surface area contributed by atoms with Crippen molar-refractivity contribution in [3.63, 3.8) is 0 Å². The van der Waals surface area contributed by atoms with E-state index in [4.69, 9.17) is 0 Å². The molecule has 0 unspecified atom stereocenters. The Hall–Kier alpha value is -1.98. The van der Waals surface area contributed by atoms with Crippen LogP contribution < -0.4 is 0 Å². The van der Waals surface area contributed by atoms with Crippen LogP contribution in [0.3, 0.4) is 0 Å². The number of hydrogen-bond donors (Lipinski definition) is 0. The lowest BCUT2D eigenvalue weighted by Crippen LogP contribution is -2.29. The molecule has 6 heteroatoms. The first-order valence-corrected chi connectivity index (χ1v) is 6.28. The number of likely N-dealkylation sites (tertiary alicyclic amines) is 1. The molecule has 0 saturated carbocycles. The summed E-state index contributed by atoms with van der Waals surface area (Å²) in [5, 5.41) is 4.13. The minimum atomic E-state index is 0.0641. The summed E-state index contributed by atoms with van der Waals surface area (Å²) in [4.78, 5) is 22.5. The molecule has 2 aromatic rings. The van der Waals surface area contributed by atoms with E-state index < -0.39 is 0 Å². The van der Waals surface area contributed by atoms with Crippen molar-refractivity contribution in [2.75, 3.05) is 13.1 Å². The van der Waals surface area contributed by atoms with Crippen molar-refractivity contribution < 1.29 is 4.79 Å². The Morgan fingerprint density at radius 1 is 1.33 bits per heavy atom. The maximum atomic E-state index is 12.4. The first-order valence-electron chi connectivity index (χ1n) is 6.28. The van der Waals surface area contributed by atoms with Crippen molar-refractivity contribution in [1.29, 1.82) is 0 Å². The summed E-state index contributed by atoms with van der Waals surface area (Å²) >= 11 is 0. The zero-order valence-corrected chi connectivity index (χ0v) is 10.3. The van der Waals surface area contributed by atoms with Crippen LogP contribution in [0.2, 0.25) is 0 Å². The highest BCUT2D eigenvalue weighted by Gasteiger charge is 2.23. The lowest BCUT2D eigenvalue weighted by atomic mass is 10.1. The van der Waals surface area contributed by atoms with Gasteiger partial charge in [-0.15, -0.1) is 0 Å².